The first kappa shape index (κ1) is 16.8. The van der Waals surface area contributed by atoms with E-state index < -0.39 is 0 Å². The maximum absolute atomic E-state index is 12.9. The third-order valence-electron chi connectivity index (χ3n) is 5.38. The fourth-order valence-corrected chi connectivity index (χ4v) is 4.95. The van der Waals surface area contributed by atoms with E-state index in [1.807, 2.05) is 6.07 Å². The van der Waals surface area contributed by atoms with E-state index in [1.54, 1.807) is 0 Å². The number of carbonyl (C=O) groups excluding carboxylic acids is 1. The van der Waals surface area contributed by atoms with Crippen molar-refractivity contribution in [3.8, 4) is 0 Å². The normalized spacial score (nSPS) is 24.3. The average molecular weight is 376 g/mol. The van der Waals surface area contributed by atoms with Crippen molar-refractivity contribution in [2.24, 2.45) is 5.41 Å². The molecule has 0 spiro atoms. The number of rotatable bonds is 6. The van der Waals surface area contributed by atoms with Crippen molar-refractivity contribution < 1.29 is 4.79 Å². The van der Waals surface area contributed by atoms with Crippen molar-refractivity contribution in [3.05, 3.63) is 47.0 Å². The summed E-state index contributed by atoms with van der Waals surface area (Å²) in [5.41, 5.74) is 3.98. The maximum Gasteiger partial charge on any atom is 0.250 e. The second-order valence-electron chi connectivity index (χ2n) is 6.97. The predicted molar refractivity (Wildman–Crippen MR) is 98.5 cm³/mol. The standard InChI is InChI=1S/C20H26BrNO/c1-2-3-12-20(14-21)15-22(13-16-8-5-4-6-9-16)19(23)17-10-7-11-18(17)20/h4-6,8-9H,2-3,7,10-15H2,1H3/t20-/m1/s1. The largest absolute Gasteiger partial charge is 0.334 e. The van der Waals surface area contributed by atoms with Crippen molar-refractivity contribution in [2.45, 2.75) is 52.0 Å². The maximum atomic E-state index is 12.9. The lowest BCUT2D eigenvalue weighted by Gasteiger charge is -2.43. The number of alkyl halides is 1. The summed E-state index contributed by atoms with van der Waals surface area (Å²) < 4.78 is 0. The first-order valence-electron chi connectivity index (χ1n) is 8.82. The summed E-state index contributed by atoms with van der Waals surface area (Å²) >= 11 is 3.80. The molecular formula is C20H26BrNO. The third kappa shape index (κ3) is 3.26. The number of nitrogens with zero attached hydrogens (tertiary/aromatic N) is 1. The van der Waals surface area contributed by atoms with Crippen molar-refractivity contribution >= 4 is 21.8 Å². The molecule has 0 unspecified atom stereocenters. The van der Waals surface area contributed by atoms with Crippen LogP contribution in [-0.2, 0) is 11.3 Å². The summed E-state index contributed by atoms with van der Waals surface area (Å²) in [5, 5.41) is 0.970. The first-order chi connectivity index (χ1) is 11.2. The fraction of sp³-hybridized carbons (Fsp3) is 0.550. The van der Waals surface area contributed by atoms with E-state index in [1.165, 1.54) is 30.4 Å². The van der Waals surface area contributed by atoms with Crippen LogP contribution in [-0.4, -0.2) is 22.7 Å². The predicted octanol–water partition coefficient (Wildman–Crippen LogP) is 5.08. The quantitative estimate of drug-likeness (QED) is 0.634. The Bertz CT molecular complexity index is 595. The van der Waals surface area contributed by atoms with E-state index in [2.05, 4.69) is 52.0 Å². The van der Waals surface area contributed by atoms with Gasteiger partial charge < -0.3 is 4.90 Å². The molecule has 1 amide bonds. The van der Waals surface area contributed by atoms with Gasteiger partial charge in [0.15, 0.2) is 0 Å². The van der Waals surface area contributed by atoms with Gasteiger partial charge in [-0.25, -0.2) is 0 Å². The van der Waals surface area contributed by atoms with E-state index >= 15 is 0 Å². The topological polar surface area (TPSA) is 20.3 Å². The summed E-state index contributed by atoms with van der Waals surface area (Å²) in [7, 11) is 0. The van der Waals surface area contributed by atoms with Gasteiger partial charge in [-0.2, -0.15) is 0 Å². The third-order valence-corrected chi connectivity index (χ3v) is 6.45. The molecule has 1 heterocycles. The van der Waals surface area contributed by atoms with Gasteiger partial charge in [-0.15, -0.1) is 0 Å². The molecule has 0 radical (unpaired) electrons. The SMILES string of the molecule is CCCC[C@@]1(CBr)CN(Cc2ccccc2)C(=O)C2=C1CCC2. The van der Waals surface area contributed by atoms with Gasteiger partial charge in [0.25, 0.3) is 0 Å². The van der Waals surface area contributed by atoms with Gasteiger partial charge in [-0.1, -0.05) is 71.6 Å². The molecule has 23 heavy (non-hydrogen) atoms. The second kappa shape index (κ2) is 7.21. The van der Waals surface area contributed by atoms with Crippen LogP contribution in [0.3, 0.4) is 0 Å². The summed E-state index contributed by atoms with van der Waals surface area (Å²) in [4.78, 5) is 15.0. The van der Waals surface area contributed by atoms with Crippen LogP contribution in [0, 0.1) is 5.41 Å². The summed E-state index contributed by atoms with van der Waals surface area (Å²) in [6.07, 6.45) is 6.87. The Hall–Kier alpha value is -1.09. The van der Waals surface area contributed by atoms with Gasteiger partial charge in [0.2, 0.25) is 5.91 Å². The number of hydrogen-bond acceptors (Lipinski definition) is 1. The Balaban J connectivity index is 1.90. The first-order valence-corrected chi connectivity index (χ1v) is 9.94. The van der Waals surface area contributed by atoms with E-state index in [0.29, 0.717) is 0 Å². The highest BCUT2D eigenvalue weighted by Crippen LogP contribution is 2.48. The van der Waals surface area contributed by atoms with Crippen LogP contribution in [0.1, 0.15) is 51.0 Å². The summed E-state index contributed by atoms with van der Waals surface area (Å²) in [5.74, 6) is 0.287. The van der Waals surface area contributed by atoms with Crippen LogP contribution >= 0.6 is 15.9 Å². The average Bonchev–Trinajstić information content (AvgIpc) is 3.08. The van der Waals surface area contributed by atoms with Crippen molar-refractivity contribution in [1.82, 2.24) is 4.90 Å². The van der Waals surface area contributed by atoms with Crippen LogP contribution in [0.4, 0.5) is 0 Å². The highest BCUT2D eigenvalue weighted by molar-refractivity contribution is 9.09. The highest BCUT2D eigenvalue weighted by atomic mass is 79.9. The fourth-order valence-electron chi connectivity index (χ4n) is 4.15. The van der Waals surface area contributed by atoms with Gasteiger partial charge in [0.05, 0.1) is 0 Å². The molecule has 0 saturated heterocycles. The number of amides is 1. The smallest absolute Gasteiger partial charge is 0.250 e. The van der Waals surface area contributed by atoms with Crippen molar-refractivity contribution in [2.75, 3.05) is 11.9 Å². The van der Waals surface area contributed by atoms with E-state index in [-0.39, 0.29) is 11.3 Å². The molecule has 1 atom stereocenters. The molecule has 3 heteroatoms. The van der Waals surface area contributed by atoms with E-state index in [0.717, 1.165) is 43.3 Å². The number of carbonyl (C=O) groups is 1. The van der Waals surface area contributed by atoms with Gasteiger partial charge in [0.1, 0.15) is 0 Å². The summed E-state index contributed by atoms with van der Waals surface area (Å²) in [6, 6.07) is 10.4. The van der Waals surface area contributed by atoms with Crippen LogP contribution in [0.2, 0.25) is 0 Å². The molecule has 1 aromatic carbocycles. The number of benzene rings is 1. The molecule has 1 aliphatic heterocycles. The van der Waals surface area contributed by atoms with Gasteiger partial charge >= 0.3 is 0 Å². The minimum atomic E-state index is 0.157. The number of halogens is 1. The minimum absolute atomic E-state index is 0.157. The highest BCUT2D eigenvalue weighted by Gasteiger charge is 2.44. The Morgan fingerprint density at radius 3 is 2.70 bits per heavy atom. The lowest BCUT2D eigenvalue weighted by Crippen LogP contribution is -2.48. The van der Waals surface area contributed by atoms with E-state index in [9.17, 15) is 4.79 Å². The Kier molecular flexibility index (Phi) is 5.25. The van der Waals surface area contributed by atoms with E-state index in [4.69, 9.17) is 0 Å². The number of hydrogen-bond donors (Lipinski definition) is 0. The zero-order valence-electron chi connectivity index (χ0n) is 14.0. The van der Waals surface area contributed by atoms with Crippen LogP contribution in [0.25, 0.3) is 0 Å². The Labute approximate surface area is 148 Å². The molecule has 0 aromatic heterocycles. The van der Waals surface area contributed by atoms with Crippen molar-refractivity contribution in [1.29, 1.82) is 0 Å². The van der Waals surface area contributed by atoms with Crippen LogP contribution in [0.15, 0.2) is 41.5 Å². The zero-order chi connectivity index (χ0) is 16.3. The molecule has 0 saturated carbocycles. The molecule has 3 rings (SSSR count). The molecule has 0 fully saturated rings. The lowest BCUT2D eigenvalue weighted by molar-refractivity contribution is -0.130. The van der Waals surface area contributed by atoms with Gasteiger partial charge in [0, 0.05) is 29.4 Å². The lowest BCUT2D eigenvalue weighted by atomic mass is 9.73. The molecule has 0 bridgehead atoms. The van der Waals surface area contributed by atoms with Crippen molar-refractivity contribution in [3.63, 3.8) is 0 Å². The van der Waals surface area contributed by atoms with Gasteiger partial charge in [-0.05, 0) is 31.2 Å². The van der Waals surface area contributed by atoms with Gasteiger partial charge in [-0.3, -0.25) is 4.79 Å². The monoisotopic (exact) mass is 375 g/mol. The Morgan fingerprint density at radius 2 is 2.00 bits per heavy atom. The van der Waals surface area contributed by atoms with Crippen LogP contribution in [0.5, 0.6) is 0 Å². The summed E-state index contributed by atoms with van der Waals surface area (Å²) in [6.45, 7) is 3.85. The second-order valence-corrected chi connectivity index (χ2v) is 7.54. The molecule has 2 nitrogen and oxygen atoms in total. The molecule has 1 aliphatic carbocycles. The molecule has 124 valence electrons. The molecule has 2 aliphatic rings. The zero-order valence-corrected chi connectivity index (χ0v) is 15.6. The van der Waals surface area contributed by atoms with Crippen LogP contribution < -0.4 is 0 Å². The minimum Gasteiger partial charge on any atom is -0.334 e. The molecule has 1 aromatic rings. The number of unbranched alkanes of at least 4 members (excludes halogenated alkanes) is 1. The Morgan fingerprint density at radius 1 is 1.22 bits per heavy atom. The molecule has 0 N–H and O–H groups in total. The molecular weight excluding hydrogens is 350 g/mol.